The van der Waals surface area contributed by atoms with Gasteiger partial charge in [-0.15, -0.1) is 0 Å². The molecule has 0 aliphatic rings. The van der Waals surface area contributed by atoms with Gasteiger partial charge in [-0.1, -0.05) is 38.7 Å². The lowest BCUT2D eigenvalue weighted by atomic mass is 10.1. The van der Waals surface area contributed by atoms with Crippen LogP contribution in [0.15, 0.2) is 0 Å². The zero-order valence-corrected chi connectivity index (χ0v) is 7.02. The smallest absolute Gasteiger partial charge is 0.305 e. The van der Waals surface area contributed by atoms with E-state index in [1.165, 1.54) is 6.92 Å². The van der Waals surface area contributed by atoms with Crippen LogP contribution in [0.3, 0.4) is 0 Å². The van der Waals surface area contributed by atoms with Gasteiger partial charge in [0.2, 0.25) is 0 Å². The minimum Gasteiger partial charge on any atom is -0.466 e. The summed E-state index contributed by atoms with van der Waals surface area (Å²) in [5.41, 5.74) is 0. The molecule has 0 aliphatic heterocycles. The summed E-state index contributed by atoms with van der Waals surface area (Å²) in [6, 6.07) is 0. The summed E-state index contributed by atoms with van der Waals surface area (Å²) >= 11 is 0. The predicted molar refractivity (Wildman–Crippen MR) is 54.6 cm³/mol. The Labute approximate surface area is 106 Å². The van der Waals surface area contributed by atoms with E-state index in [1.807, 2.05) is 0 Å². The van der Waals surface area contributed by atoms with E-state index in [1.54, 1.807) is 0 Å². The summed E-state index contributed by atoms with van der Waals surface area (Å²) in [7, 11) is 0. The number of carbonyl (C=O) groups is 1. The van der Waals surface area contributed by atoms with Crippen LogP contribution in [0.4, 0.5) is 0 Å². The molecular formula is C11H22O2. The normalized spacial score (nSPS) is 38.1. The lowest BCUT2D eigenvalue weighted by molar-refractivity contribution is -0.143. The lowest BCUT2D eigenvalue weighted by Gasteiger charge is -2.01. The average Bonchev–Trinajstić information content (AvgIpc) is 2.52. The molecule has 0 N–H and O–H groups in total. The van der Waals surface area contributed by atoms with Gasteiger partial charge in [0, 0.05) is 29.7 Å². The van der Waals surface area contributed by atoms with Gasteiger partial charge in [-0.2, -0.15) is 0 Å². The molecule has 0 fully saturated rings. The number of esters is 1. The third kappa shape index (κ3) is 9.38. The van der Waals surface area contributed by atoms with Crippen LogP contribution in [0.25, 0.3) is 0 Å². The zero-order chi connectivity index (χ0) is 25.0. The van der Waals surface area contributed by atoms with E-state index in [-0.39, 0.29) is 0 Å². The van der Waals surface area contributed by atoms with Crippen LogP contribution in [0.1, 0.15) is 81.7 Å². The Hall–Kier alpha value is -0.530. The van der Waals surface area contributed by atoms with Gasteiger partial charge in [0.1, 0.15) is 0 Å². The number of hydrogen-bond donors (Lipinski definition) is 0. The first-order valence-electron chi connectivity index (χ1n) is 11.9. The van der Waals surface area contributed by atoms with Crippen LogP contribution < -0.4 is 0 Å². The van der Waals surface area contributed by atoms with Crippen molar-refractivity contribution in [3.05, 3.63) is 0 Å². The molecule has 2 nitrogen and oxygen atoms in total. The van der Waals surface area contributed by atoms with Gasteiger partial charge < -0.3 is 4.74 Å². The molecule has 0 saturated carbocycles. The van der Waals surface area contributed by atoms with E-state index in [4.69, 9.17) is 23.3 Å². The number of rotatable bonds is 8. The lowest BCUT2D eigenvalue weighted by Crippen LogP contribution is -2.03. The van der Waals surface area contributed by atoms with Crippen molar-refractivity contribution >= 4 is 5.97 Å². The Morgan fingerprint density at radius 1 is 1.31 bits per heavy atom. The summed E-state index contributed by atoms with van der Waals surface area (Å²) in [5.74, 6) is -1.93. The van der Waals surface area contributed by atoms with Crippen molar-refractivity contribution in [3.63, 3.8) is 0 Å². The van der Waals surface area contributed by atoms with Crippen molar-refractivity contribution in [3.8, 4) is 0 Å². The molecule has 0 spiro atoms. The fraction of sp³-hybridized carbons (Fsp3) is 0.909. The van der Waals surface area contributed by atoms with Gasteiger partial charge >= 0.3 is 5.97 Å². The summed E-state index contributed by atoms with van der Waals surface area (Å²) in [4.78, 5) is 11.8. The van der Waals surface area contributed by atoms with Crippen LogP contribution >= 0.6 is 0 Å². The Morgan fingerprint density at radius 2 is 2.00 bits per heavy atom. The Kier molecular flexibility index (Phi) is 1.49. The third-order valence-corrected chi connectivity index (χ3v) is 0.752. The summed E-state index contributed by atoms with van der Waals surface area (Å²) < 4.78 is 133. The topological polar surface area (TPSA) is 26.3 Å². The van der Waals surface area contributed by atoms with E-state index in [0.717, 1.165) is 0 Å². The van der Waals surface area contributed by atoms with Crippen molar-refractivity contribution in [1.82, 2.24) is 0 Å². The molecule has 2 heteroatoms. The van der Waals surface area contributed by atoms with Gasteiger partial charge in [0.05, 0.1) is 6.61 Å². The second-order valence-electron chi connectivity index (χ2n) is 1.60. The zero-order valence-electron chi connectivity index (χ0n) is 24.0. The standard InChI is InChI=1S/C11H22O2/c1-3-5-6-7-8-9-10-11(12)13-4-2/h3-10H2,1-2H3/i1D3,3D2,5D2,6D2,7D2,8D2,9D2,10D2. The molecule has 0 aromatic carbocycles. The predicted octanol–water partition coefficient (Wildman–Crippen LogP) is 3.30. The van der Waals surface area contributed by atoms with Crippen LogP contribution in [0, 0.1) is 0 Å². The molecule has 0 radical (unpaired) electrons. The third-order valence-electron chi connectivity index (χ3n) is 0.752. The molecule has 0 aromatic heterocycles. The van der Waals surface area contributed by atoms with Crippen LogP contribution in [-0.2, 0) is 9.53 Å². The minimum absolute atomic E-state index is 0.452. The number of hydrogen-bond acceptors (Lipinski definition) is 2. The maximum absolute atomic E-state index is 11.8. The van der Waals surface area contributed by atoms with Crippen molar-refractivity contribution in [2.75, 3.05) is 6.61 Å². The van der Waals surface area contributed by atoms with Crippen molar-refractivity contribution in [2.45, 2.75) is 58.4 Å². The Balaban J connectivity index is 6.73. The summed E-state index contributed by atoms with van der Waals surface area (Å²) in [5, 5.41) is 0. The molecule has 13 heavy (non-hydrogen) atoms. The van der Waals surface area contributed by atoms with Crippen LogP contribution in [0.2, 0.25) is 0 Å². The fourth-order valence-corrected chi connectivity index (χ4v) is 0.374. The highest BCUT2D eigenvalue weighted by Crippen LogP contribution is 2.07. The van der Waals surface area contributed by atoms with E-state index in [2.05, 4.69) is 4.74 Å². The number of ether oxygens (including phenoxy) is 1. The first-order chi connectivity index (χ1) is 12.7. The van der Waals surface area contributed by atoms with Gasteiger partial charge in [0.25, 0.3) is 0 Å². The quantitative estimate of drug-likeness (QED) is 0.566. The molecule has 0 heterocycles. The highest BCUT2D eigenvalue weighted by Gasteiger charge is 1.99. The molecule has 0 atom stereocenters. The summed E-state index contributed by atoms with van der Waals surface area (Å²) in [6.45, 7) is -3.06. The minimum atomic E-state index is -4.40. The summed E-state index contributed by atoms with van der Waals surface area (Å²) in [6.07, 6.45) is -29.5. The second-order valence-corrected chi connectivity index (χ2v) is 1.60. The molecular weight excluding hydrogens is 164 g/mol. The second kappa shape index (κ2) is 9.56. The maximum Gasteiger partial charge on any atom is 0.305 e. The van der Waals surface area contributed by atoms with E-state index < -0.39 is 64.0 Å². The van der Waals surface area contributed by atoms with Gasteiger partial charge in [-0.3, -0.25) is 4.79 Å². The van der Waals surface area contributed by atoms with E-state index >= 15 is 0 Å². The SMILES string of the molecule is [2H]C([2H])([2H])C([2H])([2H])C([2H])([2H])C([2H])([2H])C([2H])([2H])C([2H])([2H])C([2H])([2H])C([2H])([2H])C(=O)OCC. The Morgan fingerprint density at radius 3 is 2.69 bits per heavy atom. The largest absolute Gasteiger partial charge is 0.466 e. The maximum atomic E-state index is 11.8. The molecule has 0 bridgehead atoms. The molecule has 0 aliphatic carbocycles. The molecule has 78 valence electrons. The first kappa shape index (κ1) is 2.02. The highest BCUT2D eigenvalue weighted by atomic mass is 16.5. The molecule has 0 unspecified atom stereocenters. The van der Waals surface area contributed by atoms with Crippen molar-refractivity contribution < 1.29 is 32.8 Å². The van der Waals surface area contributed by atoms with Gasteiger partial charge in [0.15, 0.2) is 0 Å². The van der Waals surface area contributed by atoms with Crippen LogP contribution in [-0.4, -0.2) is 12.6 Å². The average molecular weight is 203 g/mol. The van der Waals surface area contributed by atoms with Gasteiger partial charge in [-0.05, 0) is 13.3 Å². The van der Waals surface area contributed by atoms with Crippen LogP contribution in [0.5, 0.6) is 0 Å². The molecule has 0 saturated heterocycles. The Bertz CT molecular complexity index is 647. The monoisotopic (exact) mass is 203 g/mol. The first-order valence-corrected chi connectivity index (χ1v) is 3.40. The fourth-order valence-electron chi connectivity index (χ4n) is 0.374. The highest BCUT2D eigenvalue weighted by molar-refractivity contribution is 5.69. The van der Waals surface area contributed by atoms with E-state index in [0.29, 0.717) is 0 Å². The van der Waals surface area contributed by atoms with E-state index in [9.17, 15) is 4.79 Å². The molecule has 0 amide bonds. The number of carbonyl (C=O) groups excluding carboxylic acids is 1. The van der Waals surface area contributed by atoms with Gasteiger partial charge in [-0.25, -0.2) is 0 Å². The van der Waals surface area contributed by atoms with Crippen molar-refractivity contribution in [2.24, 2.45) is 0 Å². The molecule has 0 aromatic rings. The molecule has 0 rings (SSSR count). The van der Waals surface area contributed by atoms with Crippen molar-refractivity contribution in [1.29, 1.82) is 0 Å².